The molecule has 1 aromatic rings. The lowest BCUT2D eigenvalue weighted by atomic mass is 10.0. The third kappa shape index (κ3) is 3.51. The highest BCUT2D eigenvalue weighted by molar-refractivity contribution is 7.98. The number of hydrogen-bond acceptors (Lipinski definition) is 3. The standard InChI is InChI=1S/C15H21NO2S/c1-18-10-11-6-5-8-13(11)16-15(17)12-7-3-4-9-14(12)19-2/h3-4,7,9,11,13H,5-6,8,10H2,1-2H3,(H,16,17)/t11-,13-/m1/s1. The largest absolute Gasteiger partial charge is 0.384 e. The molecule has 0 spiro atoms. The fourth-order valence-corrected chi connectivity index (χ4v) is 3.31. The van der Waals surface area contributed by atoms with Crippen molar-refractivity contribution in [1.82, 2.24) is 5.32 Å². The highest BCUT2D eigenvalue weighted by Gasteiger charge is 2.29. The third-order valence-electron chi connectivity index (χ3n) is 3.71. The summed E-state index contributed by atoms with van der Waals surface area (Å²) in [4.78, 5) is 13.4. The number of benzene rings is 1. The van der Waals surface area contributed by atoms with Gasteiger partial charge in [-0.25, -0.2) is 0 Å². The fraction of sp³-hybridized carbons (Fsp3) is 0.533. The van der Waals surface area contributed by atoms with Crippen LogP contribution >= 0.6 is 11.8 Å². The number of carbonyl (C=O) groups excluding carboxylic acids is 1. The van der Waals surface area contributed by atoms with E-state index in [9.17, 15) is 4.79 Å². The Bertz CT molecular complexity index is 436. The maximum Gasteiger partial charge on any atom is 0.252 e. The molecule has 0 bridgehead atoms. The van der Waals surface area contributed by atoms with Gasteiger partial charge in [0.1, 0.15) is 0 Å². The second kappa shape index (κ2) is 6.96. The average molecular weight is 279 g/mol. The molecule has 2 rings (SSSR count). The number of ether oxygens (including phenoxy) is 1. The van der Waals surface area contributed by atoms with E-state index in [1.165, 1.54) is 6.42 Å². The van der Waals surface area contributed by atoms with Crippen LogP contribution < -0.4 is 5.32 Å². The van der Waals surface area contributed by atoms with E-state index in [0.717, 1.165) is 29.9 Å². The molecule has 4 heteroatoms. The predicted molar refractivity (Wildman–Crippen MR) is 78.7 cm³/mol. The molecule has 19 heavy (non-hydrogen) atoms. The van der Waals surface area contributed by atoms with E-state index in [0.29, 0.717) is 5.92 Å². The number of rotatable bonds is 5. The van der Waals surface area contributed by atoms with Crippen molar-refractivity contribution in [2.45, 2.75) is 30.2 Å². The van der Waals surface area contributed by atoms with E-state index in [1.54, 1.807) is 18.9 Å². The van der Waals surface area contributed by atoms with Crippen molar-refractivity contribution in [3.05, 3.63) is 29.8 Å². The molecule has 0 aliphatic heterocycles. The quantitative estimate of drug-likeness (QED) is 0.842. The van der Waals surface area contributed by atoms with Crippen LogP contribution in [-0.4, -0.2) is 31.9 Å². The lowest BCUT2D eigenvalue weighted by molar-refractivity contribution is 0.0895. The molecule has 0 heterocycles. The predicted octanol–water partition coefficient (Wildman–Crippen LogP) is 2.95. The zero-order valence-corrected chi connectivity index (χ0v) is 12.3. The van der Waals surface area contributed by atoms with Crippen LogP contribution in [0.15, 0.2) is 29.2 Å². The summed E-state index contributed by atoms with van der Waals surface area (Å²) in [7, 11) is 1.72. The molecule has 1 aliphatic rings. The summed E-state index contributed by atoms with van der Waals surface area (Å²) < 4.78 is 5.23. The Kier molecular flexibility index (Phi) is 5.28. The van der Waals surface area contributed by atoms with Crippen molar-refractivity contribution in [3.8, 4) is 0 Å². The minimum Gasteiger partial charge on any atom is -0.384 e. The van der Waals surface area contributed by atoms with Gasteiger partial charge in [0.05, 0.1) is 12.2 Å². The third-order valence-corrected chi connectivity index (χ3v) is 4.50. The number of nitrogens with one attached hydrogen (secondary N) is 1. The first kappa shape index (κ1) is 14.4. The maximum atomic E-state index is 12.4. The first-order chi connectivity index (χ1) is 9.26. The van der Waals surface area contributed by atoms with Crippen LogP contribution in [0.3, 0.4) is 0 Å². The maximum absolute atomic E-state index is 12.4. The van der Waals surface area contributed by atoms with Crippen molar-refractivity contribution >= 4 is 17.7 Å². The van der Waals surface area contributed by atoms with Crippen molar-refractivity contribution in [2.75, 3.05) is 20.0 Å². The number of amides is 1. The van der Waals surface area contributed by atoms with Crippen LogP contribution in [0.1, 0.15) is 29.6 Å². The average Bonchev–Trinajstić information content (AvgIpc) is 2.86. The SMILES string of the molecule is COC[C@H]1CCC[C@H]1NC(=O)c1ccccc1SC. The molecule has 1 aliphatic carbocycles. The molecule has 0 radical (unpaired) electrons. The fourth-order valence-electron chi connectivity index (χ4n) is 2.72. The first-order valence-electron chi connectivity index (χ1n) is 6.69. The van der Waals surface area contributed by atoms with Gasteiger partial charge < -0.3 is 10.1 Å². The van der Waals surface area contributed by atoms with E-state index in [1.807, 2.05) is 30.5 Å². The van der Waals surface area contributed by atoms with Gasteiger partial charge in [-0.15, -0.1) is 11.8 Å². The van der Waals surface area contributed by atoms with Gasteiger partial charge >= 0.3 is 0 Å². The van der Waals surface area contributed by atoms with Crippen LogP contribution in [-0.2, 0) is 4.74 Å². The normalized spacial score (nSPS) is 22.4. The van der Waals surface area contributed by atoms with Crippen molar-refractivity contribution in [1.29, 1.82) is 0 Å². The van der Waals surface area contributed by atoms with Gasteiger partial charge in [-0.3, -0.25) is 4.79 Å². The van der Waals surface area contributed by atoms with Gasteiger partial charge in [-0.1, -0.05) is 18.6 Å². The molecule has 2 atom stereocenters. The first-order valence-corrected chi connectivity index (χ1v) is 7.91. The second-order valence-corrected chi connectivity index (χ2v) is 5.77. The van der Waals surface area contributed by atoms with Crippen LogP contribution in [0.4, 0.5) is 0 Å². The molecule has 3 nitrogen and oxygen atoms in total. The highest BCUT2D eigenvalue weighted by Crippen LogP contribution is 2.27. The van der Waals surface area contributed by atoms with Crippen LogP contribution in [0, 0.1) is 5.92 Å². The molecule has 1 amide bonds. The lowest BCUT2D eigenvalue weighted by Gasteiger charge is -2.20. The van der Waals surface area contributed by atoms with E-state index < -0.39 is 0 Å². The monoisotopic (exact) mass is 279 g/mol. The van der Waals surface area contributed by atoms with Crippen molar-refractivity contribution in [3.63, 3.8) is 0 Å². The number of methoxy groups -OCH3 is 1. The van der Waals surface area contributed by atoms with Crippen LogP contribution in [0.25, 0.3) is 0 Å². The van der Waals surface area contributed by atoms with Gasteiger partial charge in [-0.2, -0.15) is 0 Å². The molecule has 0 aromatic heterocycles. The summed E-state index contributed by atoms with van der Waals surface area (Å²) in [6, 6.07) is 8.01. The summed E-state index contributed by atoms with van der Waals surface area (Å²) in [6.45, 7) is 0.731. The van der Waals surface area contributed by atoms with Gasteiger partial charge in [0.2, 0.25) is 0 Å². The molecule has 1 N–H and O–H groups in total. The summed E-state index contributed by atoms with van der Waals surface area (Å²) >= 11 is 1.61. The molecule has 104 valence electrons. The molecule has 1 saturated carbocycles. The van der Waals surface area contributed by atoms with Gasteiger partial charge in [0.15, 0.2) is 0 Å². The summed E-state index contributed by atoms with van der Waals surface area (Å²) in [5.41, 5.74) is 0.776. The number of thioether (sulfide) groups is 1. The van der Waals surface area contributed by atoms with Crippen molar-refractivity contribution < 1.29 is 9.53 Å². The molecule has 1 aromatic carbocycles. The summed E-state index contributed by atoms with van der Waals surface area (Å²) in [5, 5.41) is 3.17. The van der Waals surface area contributed by atoms with E-state index in [2.05, 4.69) is 5.32 Å². The van der Waals surface area contributed by atoms with Gasteiger partial charge in [0.25, 0.3) is 5.91 Å². The molecular weight excluding hydrogens is 258 g/mol. The Hall–Kier alpha value is -1.00. The highest BCUT2D eigenvalue weighted by atomic mass is 32.2. The van der Waals surface area contributed by atoms with Gasteiger partial charge in [0, 0.05) is 24.0 Å². The zero-order valence-electron chi connectivity index (χ0n) is 11.5. The van der Waals surface area contributed by atoms with E-state index in [4.69, 9.17) is 4.74 Å². The summed E-state index contributed by atoms with van der Waals surface area (Å²) in [5.74, 6) is 0.494. The number of hydrogen-bond donors (Lipinski definition) is 1. The zero-order chi connectivity index (χ0) is 13.7. The molecule has 0 unspecified atom stereocenters. The number of carbonyl (C=O) groups is 1. The smallest absolute Gasteiger partial charge is 0.252 e. The minimum absolute atomic E-state index is 0.0398. The molecule has 1 fully saturated rings. The Balaban J connectivity index is 2.04. The van der Waals surface area contributed by atoms with Crippen molar-refractivity contribution in [2.24, 2.45) is 5.92 Å². The Labute approximate surface area is 119 Å². The topological polar surface area (TPSA) is 38.3 Å². The Morgan fingerprint density at radius 1 is 1.42 bits per heavy atom. The Morgan fingerprint density at radius 2 is 2.21 bits per heavy atom. The molecule has 0 saturated heterocycles. The summed E-state index contributed by atoms with van der Waals surface area (Å²) in [6.07, 6.45) is 5.36. The van der Waals surface area contributed by atoms with Crippen LogP contribution in [0.2, 0.25) is 0 Å². The van der Waals surface area contributed by atoms with E-state index >= 15 is 0 Å². The second-order valence-electron chi connectivity index (χ2n) is 4.93. The molecular formula is C15H21NO2S. The minimum atomic E-state index is 0.0398. The van der Waals surface area contributed by atoms with Crippen LogP contribution in [0.5, 0.6) is 0 Å². The van der Waals surface area contributed by atoms with Gasteiger partial charge in [-0.05, 0) is 31.2 Å². The van der Waals surface area contributed by atoms with E-state index in [-0.39, 0.29) is 11.9 Å². The lowest BCUT2D eigenvalue weighted by Crippen LogP contribution is -2.39. The Morgan fingerprint density at radius 3 is 2.95 bits per heavy atom.